The number of carbonyl (C=O) groups is 1. The van der Waals surface area contributed by atoms with Crippen LogP contribution in [0.1, 0.15) is 23.2 Å². The maximum atomic E-state index is 11.9. The number of benzene rings is 1. The van der Waals surface area contributed by atoms with Gasteiger partial charge in [-0.05, 0) is 56.1 Å². The summed E-state index contributed by atoms with van der Waals surface area (Å²) in [5.41, 5.74) is 0.685. The van der Waals surface area contributed by atoms with E-state index in [1.807, 2.05) is 0 Å². The highest BCUT2D eigenvalue weighted by Gasteiger charge is 2.14. The van der Waals surface area contributed by atoms with Gasteiger partial charge in [0, 0.05) is 12.1 Å². The number of nitrogens with one attached hydrogen (secondary N) is 2. The van der Waals surface area contributed by atoms with Crippen LogP contribution in [0.2, 0.25) is 0 Å². The molecule has 98 valence electrons. The summed E-state index contributed by atoms with van der Waals surface area (Å²) in [6.45, 7) is 2.89. The topological polar surface area (TPSA) is 50.4 Å². The van der Waals surface area contributed by atoms with Crippen LogP contribution >= 0.6 is 0 Å². The van der Waals surface area contributed by atoms with Crippen LogP contribution in [0.4, 0.5) is 0 Å². The van der Waals surface area contributed by atoms with E-state index in [1.165, 1.54) is 0 Å². The largest absolute Gasteiger partial charge is 0.497 e. The molecule has 1 aliphatic rings. The van der Waals surface area contributed by atoms with Gasteiger partial charge in [-0.2, -0.15) is 0 Å². The van der Waals surface area contributed by atoms with E-state index in [0.717, 1.165) is 38.2 Å². The molecule has 2 rings (SSSR count). The number of amides is 1. The van der Waals surface area contributed by atoms with E-state index >= 15 is 0 Å². The number of hydrogen-bond donors (Lipinski definition) is 2. The standard InChI is InChI=1S/C14H20N2O2/c1-18-13-4-2-12(3-5-13)14(17)16-10-11-6-8-15-9-7-11/h2-5,11,15H,6-10H2,1H3,(H,16,17). The molecule has 0 atom stereocenters. The van der Waals surface area contributed by atoms with Gasteiger partial charge in [-0.25, -0.2) is 0 Å². The molecule has 0 saturated carbocycles. The van der Waals surface area contributed by atoms with Crippen molar-refractivity contribution in [2.24, 2.45) is 5.92 Å². The minimum Gasteiger partial charge on any atom is -0.497 e. The summed E-state index contributed by atoms with van der Waals surface area (Å²) in [7, 11) is 1.62. The predicted octanol–water partition coefficient (Wildman–Crippen LogP) is 1.42. The van der Waals surface area contributed by atoms with Crippen LogP contribution in [0.5, 0.6) is 5.75 Å². The van der Waals surface area contributed by atoms with Gasteiger partial charge in [0.1, 0.15) is 5.75 Å². The Labute approximate surface area is 108 Å². The summed E-state index contributed by atoms with van der Waals surface area (Å²) >= 11 is 0. The predicted molar refractivity (Wildman–Crippen MR) is 70.9 cm³/mol. The normalized spacial score (nSPS) is 16.3. The molecule has 4 nitrogen and oxygen atoms in total. The molecule has 0 bridgehead atoms. The monoisotopic (exact) mass is 248 g/mol. The van der Waals surface area contributed by atoms with E-state index in [-0.39, 0.29) is 5.91 Å². The highest BCUT2D eigenvalue weighted by atomic mass is 16.5. The molecule has 0 spiro atoms. The highest BCUT2D eigenvalue weighted by molar-refractivity contribution is 5.94. The zero-order chi connectivity index (χ0) is 12.8. The summed E-state index contributed by atoms with van der Waals surface area (Å²) in [5.74, 6) is 1.37. The van der Waals surface area contributed by atoms with E-state index in [4.69, 9.17) is 4.74 Å². The van der Waals surface area contributed by atoms with E-state index in [2.05, 4.69) is 10.6 Å². The van der Waals surface area contributed by atoms with Crippen molar-refractivity contribution in [3.63, 3.8) is 0 Å². The van der Waals surface area contributed by atoms with Crippen LogP contribution < -0.4 is 15.4 Å². The van der Waals surface area contributed by atoms with Crippen molar-refractivity contribution < 1.29 is 9.53 Å². The van der Waals surface area contributed by atoms with E-state index < -0.39 is 0 Å². The Morgan fingerprint density at radius 1 is 1.33 bits per heavy atom. The smallest absolute Gasteiger partial charge is 0.251 e. The third-order valence-corrected chi connectivity index (χ3v) is 3.36. The fourth-order valence-corrected chi connectivity index (χ4v) is 2.17. The molecule has 1 aliphatic heterocycles. The molecule has 1 saturated heterocycles. The quantitative estimate of drug-likeness (QED) is 0.847. The zero-order valence-electron chi connectivity index (χ0n) is 10.7. The second kappa shape index (κ2) is 6.40. The van der Waals surface area contributed by atoms with Crippen molar-refractivity contribution in [1.82, 2.24) is 10.6 Å². The molecule has 1 heterocycles. The fraction of sp³-hybridized carbons (Fsp3) is 0.500. The molecule has 1 amide bonds. The van der Waals surface area contributed by atoms with Crippen molar-refractivity contribution >= 4 is 5.91 Å². The number of rotatable bonds is 4. The van der Waals surface area contributed by atoms with Crippen molar-refractivity contribution in [3.8, 4) is 5.75 Å². The lowest BCUT2D eigenvalue weighted by Crippen LogP contribution is -2.35. The summed E-state index contributed by atoms with van der Waals surface area (Å²) in [4.78, 5) is 11.9. The first-order chi connectivity index (χ1) is 8.79. The van der Waals surface area contributed by atoms with Crippen LogP contribution in [-0.4, -0.2) is 32.7 Å². The number of carbonyl (C=O) groups excluding carboxylic acids is 1. The van der Waals surface area contributed by atoms with Crippen molar-refractivity contribution in [3.05, 3.63) is 29.8 Å². The second-order valence-electron chi connectivity index (χ2n) is 4.63. The molecule has 1 aromatic rings. The van der Waals surface area contributed by atoms with Crippen LogP contribution in [0.25, 0.3) is 0 Å². The maximum absolute atomic E-state index is 11.9. The van der Waals surface area contributed by atoms with Crippen molar-refractivity contribution in [1.29, 1.82) is 0 Å². The summed E-state index contributed by atoms with van der Waals surface area (Å²) in [6.07, 6.45) is 2.28. The molecule has 18 heavy (non-hydrogen) atoms. The minimum absolute atomic E-state index is 0.00353. The molecular weight excluding hydrogens is 228 g/mol. The molecule has 0 radical (unpaired) electrons. The van der Waals surface area contributed by atoms with Gasteiger partial charge >= 0.3 is 0 Å². The molecular formula is C14H20N2O2. The Balaban J connectivity index is 1.82. The minimum atomic E-state index is -0.00353. The average Bonchev–Trinajstić information content (AvgIpc) is 2.46. The SMILES string of the molecule is COc1ccc(C(=O)NCC2CCNCC2)cc1. The van der Waals surface area contributed by atoms with Gasteiger partial charge in [-0.15, -0.1) is 0 Å². The molecule has 0 aliphatic carbocycles. The van der Waals surface area contributed by atoms with Gasteiger partial charge < -0.3 is 15.4 Å². The fourth-order valence-electron chi connectivity index (χ4n) is 2.17. The van der Waals surface area contributed by atoms with Gasteiger partial charge in [-0.3, -0.25) is 4.79 Å². The third kappa shape index (κ3) is 3.47. The number of hydrogen-bond acceptors (Lipinski definition) is 3. The van der Waals surface area contributed by atoms with Crippen LogP contribution in [0.15, 0.2) is 24.3 Å². The lowest BCUT2D eigenvalue weighted by molar-refractivity contribution is 0.0944. The molecule has 0 aromatic heterocycles. The van der Waals surface area contributed by atoms with E-state index in [1.54, 1.807) is 31.4 Å². The van der Waals surface area contributed by atoms with Gasteiger partial charge in [-0.1, -0.05) is 0 Å². The number of ether oxygens (including phenoxy) is 1. The first-order valence-electron chi connectivity index (χ1n) is 6.42. The Bertz CT molecular complexity index is 383. The maximum Gasteiger partial charge on any atom is 0.251 e. The first-order valence-corrected chi connectivity index (χ1v) is 6.42. The Hall–Kier alpha value is -1.55. The van der Waals surface area contributed by atoms with E-state index in [9.17, 15) is 4.79 Å². The lowest BCUT2D eigenvalue weighted by Gasteiger charge is -2.22. The Kier molecular flexibility index (Phi) is 4.59. The van der Waals surface area contributed by atoms with Crippen LogP contribution in [0.3, 0.4) is 0 Å². The summed E-state index contributed by atoms with van der Waals surface area (Å²) in [6, 6.07) is 7.19. The second-order valence-corrected chi connectivity index (χ2v) is 4.63. The summed E-state index contributed by atoms with van der Waals surface area (Å²) < 4.78 is 5.07. The average molecular weight is 248 g/mol. The van der Waals surface area contributed by atoms with Gasteiger partial charge in [0.15, 0.2) is 0 Å². The number of piperidine rings is 1. The lowest BCUT2D eigenvalue weighted by atomic mass is 9.98. The Morgan fingerprint density at radius 3 is 2.61 bits per heavy atom. The molecule has 0 unspecified atom stereocenters. The van der Waals surface area contributed by atoms with E-state index in [0.29, 0.717) is 11.5 Å². The zero-order valence-corrected chi connectivity index (χ0v) is 10.7. The third-order valence-electron chi connectivity index (χ3n) is 3.36. The molecule has 4 heteroatoms. The molecule has 1 aromatic carbocycles. The van der Waals surface area contributed by atoms with Crippen LogP contribution in [-0.2, 0) is 0 Å². The Morgan fingerprint density at radius 2 is 2.00 bits per heavy atom. The van der Waals surface area contributed by atoms with Crippen LogP contribution in [0, 0.1) is 5.92 Å². The van der Waals surface area contributed by atoms with Gasteiger partial charge in [0.25, 0.3) is 5.91 Å². The molecule has 1 fully saturated rings. The summed E-state index contributed by atoms with van der Waals surface area (Å²) in [5, 5.41) is 6.32. The van der Waals surface area contributed by atoms with Crippen molar-refractivity contribution in [2.45, 2.75) is 12.8 Å². The van der Waals surface area contributed by atoms with Crippen molar-refractivity contribution in [2.75, 3.05) is 26.7 Å². The first kappa shape index (κ1) is 12.9. The van der Waals surface area contributed by atoms with Gasteiger partial charge in [0.05, 0.1) is 7.11 Å². The molecule has 2 N–H and O–H groups in total. The highest BCUT2D eigenvalue weighted by Crippen LogP contribution is 2.12. The number of methoxy groups -OCH3 is 1. The van der Waals surface area contributed by atoms with Gasteiger partial charge in [0.2, 0.25) is 0 Å².